The van der Waals surface area contributed by atoms with Crippen molar-refractivity contribution in [3.8, 4) is 15.8 Å². The number of benzene rings is 3. The molecule has 0 N–H and O–H groups in total. The van der Waals surface area contributed by atoms with E-state index in [0.29, 0.717) is 23.5 Å². The van der Waals surface area contributed by atoms with Gasteiger partial charge >= 0.3 is 186 Å². The Morgan fingerprint density at radius 2 is 1.61 bits per heavy atom. The van der Waals surface area contributed by atoms with Crippen LogP contribution in [-0.2, 0) is 0 Å². The van der Waals surface area contributed by atoms with Crippen LogP contribution in [-0.4, -0.2) is 52.4 Å². The minimum atomic E-state index is -0.337. The molecule has 0 unspecified atom stereocenters. The first-order valence-corrected chi connectivity index (χ1v) is 11.5. The van der Waals surface area contributed by atoms with Crippen LogP contribution in [0.1, 0.15) is 15.9 Å². The van der Waals surface area contributed by atoms with Crippen molar-refractivity contribution in [2.75, 3.05) is 27.2 Å². The van der Waals surface area contributed by atoms with E-state index in [4.69, 9.17) is 4.74 Å². The average molecular weight is 484 g/mol. The molecule has 0 aliphatic heterocycles. The first-order valence-electron chi connectivity index (χ1n) is 9.82. The van der Waals surface area contributed by atoms with Gasteiger partial charge in [0, 0.05) is 0 Å². The van der Waals surface area contributed by atoms with Crippen LogP contribution in [0.5, 0.6) is 5.75 Å². The van der Waals surface area contributed by atoms with Crippen LogP contribution in [0.15, 0.2) is 66.7 Å². The number of rotatable bonds is 7. The molecule has 31 heavy (non-hydrogen) atoms. The van der Waals surface area contributed by atoms with Gasteiger partial charge in [-0.3, -0.25) is 0 Å². The van der Waals surface area contributed by atoms with Gasteiger partial charge in [0.25, 0.3) is 0 Å². The van der Waals surface area contributed by atoms with E-state index in [0.717, 1.165) is 26.2 Å². The molecule has 0 saturated carbocycles. The second kappa shape index (κ2) is 9.14. The Hall–Kier alpha value is -2.79. The molecular formula is C25H21F2NO2Se. The third-order valence-electron chi connectivity index (χ3n) is 4.91. The van der Waals surface area contributed by atoms with Crippen LogP contribution in [0.2, 0.25) is 0 Å². The van der Waals surface area contributed by atoms with Crippen LogP contribution in [0.25, 0.3) is 19.6 Å². The Labute approximate surface area is 185 Å². The zero-order valence-corrected chi connectivity index (χ0v) is 18.9. The molecule has 158 valence electrons. The molecule has 0 aliphatic carbocycles. The van der Waals surface area contributed by atoms with E-state index < -0.39 is 0 Å². The summed E-state index contributed by atoms with van der Waals surface area (Å²) < 4.78 is 34.6. The fraction of sp³-hybridized carbons (Fsp3) is 0.160. The third-order valence-corrected chi connectivity index (χ3v) is 7.43. The molecule has 0 atom stereocenters. The van der Waals surface area contributed by atoms with Crippen molar-refractivity contribution in [2.24, 2.45) is 0 Å². The molecule has 1 aromatic heterocycles. The summed E-state index contributed by atoms with van der Waals surface area (Å²) in [5, 5.41) is 0.747. The molecule has 0 aliphatic rings. The molecule has 4 rings (SSSR count). The SMILES string of the molecule is CN(C)CCOc1ccc(C(=O)c2c(-c3ccc(F)cc3)[se]c3cc(F)ccc23)cc1. The third kappa shape index (κ3) is 4.77. The molecule has 6 heteroatoms. The summed E-state index contributed by atoms with van der Waals surface area (Å²) in [6, 6.07) is 17.7. The van der Waals surface area contributed by atoms with Gasteiger partial charge < -0.3 is 0 Å². The van der Waals surface area contributed by atoms with Gasteiger partial charge in [-0.05, 0) is 0 Å². The molecule has 0 saturated heterocycles. The predicted octanol–water partition coefficient (Wildman–Crippen LogP) is 5.01. The molecule has 3 aromatic carbocycles. The zero-order valence-electron chi connectivity index (χ0n) is 17.2. The van der Waals surface area contributed by atoms with E-state index in [1.165, 1.54) is 24.3 Å². The fourth-order valence-electron chi connectivity index (χ4n) is 3.29. The van der Waals surface area contributed by atoms with Crippen molar-refractivity contribution in [3.05, 3.63) is 89.5 Å². The first-order chi connectivity index (χ1) is 14.9. The Bertz CT molecular complexity index is 1210. The number of halogens is 2. The Morgan fingerprint density at radius 1 is 0.935 bits per heavy atom. The van der Waals surface area contributed by atoms with Crippen molar-refractivity contribution in [1.29, 1.82) is 0 Å². The van der Waals surface area contributed by atoms with Gasteiger partial charge in [-0.2, -0.15) is 0 Å². The standard InChI is InChI=1S/C25H21F2NO2Se/c1-28(2)13-14-30-20-10-5-16(6-11-20)24(29)23-21-12-9-19(27)15-22(21)31-25(23)17-3-7-18(26)8-4-17/h3-12,15H,13-14H2,1-2H3. The summed E-state index contributed by atoms with van der Waals surface area (Å²) in [5.41, 5.74) is 1.87. The normalized spacial score (nSPS) is 11.3. The molecular weight excluding hydrogens is 463 g/mol. The first kappa shape index (κ1) is 21.4. The minimum absolute atomic E-state index is 0.133. The second-order valence-electron chi connectivity index (χ2n) is 7.46. The topological polar surface area (TPSA) is 29.5 Å². The zero-order chi connectivity index (χ0) is 22.0. The summed E-state index contributed by atoms with van der Waals surface area (Å²) in [6.45, 7) is 1.35. The van der Waals surface area contributed by atoms with E-state index in [9.17, 15) is 13.6 Å². The fourth-order valence-corrected chi connectivity index (χ4v) is 5.87. The van der Waals surface area contributed by atoms with Crippen LogP contribution in [0, 0.1) is 11.6 Å². The van der Waals surface area contributed by atoms with Crippen molar-refractivity contribution >= 4 is 29.9 Å². The maximum atomic E-state index is 13.8. The molecule has 0 spiro atoms. The summed E-state index contributed by atoms with van der Waals surface area (Å²) in [4.78, 5) is 15.5. The molecule has 4 aromatic rings. The number of hydrogen-bond acceptors (Lipinski definition) is 3. The van der Waals surface area contributed by atoms with Gasteiger partial charge in [0.05, 0.1) is 0 Å². The van der Waals surface area contributed by atoms with Crippen molar-refractivity contribution in [1.82, 2.24) is 4.90 Å². The van der Waals surface area contributed by atoms with Crippen molar-refractivity contribution < 1.29 is 18.3 Å². The Kier molecular flexibility index (Phi) is 6.33. The number of carbonyl (C=O) groups is 1. The summed E-state index contributed by atoms with van der Waals surface area (Å²) >= 11 is -0.254. The number of likely N-dealkylation sites (N-methyl/N-ethyl adjacent to an activating group) is 1. The molecule has 1 heterocycles. The molecule has 3 nitrogen and oxygen atoms in total. The number of nitrogens with zero attached hydrogens (tertiary/aromatic N) is 1. The van der Waals surface area contributed by atoms with Crippen molar-refractivity contribution in [3.63, 3.8) is 0 Å². The number of ketones is 1. The quantitative estimate of drug-likeness (QED) is 0.273. The summed E-state index contributed by atoms with van der Waals surface area (Å²) in [5.74, 6) is -0.0983. The van der Waals surface area contributed by atoms with Crippen molar-refractivity contribution in [2.45, 2.75) is 0 Å². The Balaban J connectivity index is 1.71. The number of hydrogen-bond donors (Lipinski definition) is 0. The molecule has 0 radical (unpaired) electrons. The van der Waals surface area contributed by atoms with Crippen LogP contribution in [0.4, 0.5) is 8.78 Å². The van der Waals surface area contributed by atoms with E-state index in [1.807, 2.05) is 19.0 Å². The van der Waals surface area contributed by atoms with Crippen LogP contribution >= 0.6 is 0 Å². The summed E-state index contributed by atoms with van der Waals surface area (Å²) in [7, 11) is 3.95. The van der Waals surface area contributed by atoms with Gasteiger partial charge in [-0.1, -0.05) is 0 Å². The summed E-state index contributed by atoms with van der Waals surface area (Å²) in [6.07, 6.45) is 0. The van der Waals surface area contributed by atoms with E-state index >= 15 is 0 Å². The Morgan fingerprint density at radius 3 is 2.29 bits per heavy atom. The number of ether oxygens (including phenoxy) is 1. The van der Waals surface area contributed by atoms with E-state index in [-0.39, 0.29) is 31.9 Å². The van der Waals surface area contributed by atoms with Gasteiger partial charge in [0.2, 0.25) is 0 Å². The van der Waals surface area contributed by atoms with Crippen LogP contribution in [0.3, 0.4) is 0 Å². The molecule has 0 bridgehead atoms. The predicted molar refractivity (Wildman–Crippen MR) is 120 cm³/mol. The maximum absolute atomic E-state index is 13.8. The van der Waals surface area contributed by atoms with Gasteiger partial charge in [-0.15, -0.1) is 0 Å². The number of carbonyl (C=O) groups excluding carboxylic acids is 1. The second-order valence-corrected chi connectivity index (χ2v) is 9.67. The van der Waals surface area contributed by atoms with Gasteiger partial charge in [-0.25, -0.2) is 0 Å². The monoisotopic (exact) mass is 485 g/mol. The number of fused-ring (bicyclic) bond motifs is 1. The van der Waals surface area contributed by atoms with Crippen LogP contribution < -0.4 is 4.74 Å². The van der Waals surface area contributed by atoms with Gasteiger partial charge in [0.15, 0.2) is 0 Å². The molecule has 0 amide bonds. The van der Waals surface area contributed by atoms with E-state index in [2.05, 4.69) is 0 Å². The average Bonchev–Trinajstić information content (AvgIpc) is 3.12. The van der Waals surface area contributed by atoms with Gasteiger partial charge in [0.1, 0.15) is 0 Å². The molecule has 0 fully saturated rings. The van der Waals surface area contributed by atoms with E-state index in [1.54, 1.807) is 42.5 Å².